The summed E-state index contributed by atoms with van der Waals surface area (Å²) in [6, 6.07) is 14.8. The van der Waals surface area contributed by atoms with E-state index in [9.17, 15) is 35.9 Å². The zero-order valence-corrected chi connectivity index (χ0v) is 22.9. The molecule has 6 nitrogen and oxygen atoms in total. The van der Waals surface area contributed by atoms with Crippen molar-refractivity contribution in [1.29, 1.82) is 0 Å². The maximum absolute atomic E-state index is 13.7. The van der Waals surface area contributed by atoms with Crippen molar-refractivity contribution >= 4 is 22.8 Å². The van der Waals surface area contributed by atoms with E-state index >= 15 is 0 Å². The monoisotopic (exact) mass is 603 g/mol. The molecule has 43 heavy (non-hydrogen) atoms. The summed E-state index contributed by atoms with van der Waals surface area (Å²) in [5.41, 5.74) is -0.744. The average Bonchev–Trinajstić information content (AvgIpc) is 3.38. The second kappa shape index (κ2) is 11.8. The summed E-state index contributed by atoms with van der Waals surface area (Å²) in [5.74, 6) is -1.37. The topological polar surface area (TPSA) is 65.6 Å². The molecule has 0 spiro atoms. The zero-order valence-electron chi connectivity index (χ0n) is 22.9. The van der Waals surface area contributed by atoms with Gasteiger partial charge in [-0.15, -0.1) is 0 Å². The van der Waals surface area contributed by atoms with E-state index in [2.05, 4.69) is 9.88 Å². The van der Waals surface area contributed by atoms with Gasteiger partial charge in [0.2, 0.25) is 0 Å². The van der Waals surface area contributed by atoms with Crippen molar-refractivity contribution in [3.8, 4) is 0 Å². The third kappa shape index (κ3) is 6.69. The standard InChI is InChI=1S/C31H27F6N3O3/c1-43-29(42)20-8-6-19(7-9-20)17-39-10-11-40(25(18-39)14-22-16-38-27-5-3-2-4-26(22)27)28(41)21-12-23(30(32,33)34)15-24(13-21)31(35,36)37/h2-9,12-13,15-16,25,38H,10-11,14,17-18H2,1H3. The first-order chi connectivity index (χ1) is 20.3. The number of amides is 1. The molecule has 226 valence electrons. The number of fused-ring (bicyclic) bond motifs is 1. The van der Waals surface area contributed by atoms with Crippen LogP contribution in [0.4, 0.5) is 26.3 Å². The molecule has 1 fully saturated rings. The number of hydrogen-bond donors (Lipinski definition) is 1. The Hall–Kier alpha value is -4.32. The molecule has 12 heteroatoms. The fraction of sp³-hybridized carbons (Fsp3) is 0.290. The van der Waals surface area contributed by atoms with Crippen molar-refractivity contribution in [2.75, 3.05) is 26.7 Å². The van der Waals surface area contributed by atoms with Crippen LogP contribution in [-0.2, 0) is 30.1 Å². The summed E-state index contributed by atoms with van der Waals surface area (Å²) in [4.78, 5) is 32.0. The van der Waals surface area contributed by atoms with Crippen LogP contribution in [-0.4, -0.2) is 59.4 Å². The van der Waals surface area contributed by atoms with Gasteiger partial charge in [-0.2, -0.15) is 26.3 Å². The molecular formula is C31H27F6N3O3. The molecule has 0 bridgehead atoms. The molecule has 1 N–H and O–H groups in total. The minimum absolute atomic E-state index is 0.0175. The summed E-state index contributed by atoms with van der Waals surface area (Å²) in [6.45, 7) is 1.19. The van der Waals surface area contributed by atoms with Crippen molar-refractivity contribution in [1.82, 2.24) is 14.8 Å². The third-order valence-corrected chi connectivity index (χ3v) is 7.57. The first-order valence-electron chi connectivity index (χ1n) is 13.4. The molecule has 5 rings (SSSR count). The molecule has 0 aliphatic carbocycles. The number of carbonyl (C=O) groups excluding carboxylic acids is 2. The molecule has 1 amide bonds. The number of hydrogen-bond acceptors (Lipinski definition) is 4. The van der Waals surface area contributed by atoms with Gasteiger partial charge in [-0.25, -0.2) is 4.79 Å². The Morgan fingerprint density at radius 1 is 0.884 bits per heavy atom. The first-order valence-corrected chi connectivity index (χ1v) is 13.4. The quantitative estimate of drug-likeness (QED) is 0.200. The highest BCUT2D eigenvalue weighted by atomic mass is 19.4. The van der Waals surface area contributed by atoms with E-state index in [-0.39, 0.29) is 12.6 Å². The number of piperazine rings is 1. The number of methoxy groups -OCH3 is 1. The summed E-state index contributed by atoms with van der Waals surface area (Å²) in [5, 5.41) is 0.906. The van der Waals surface area contributed by atoms with Crippen LogP contribution in [0.5, 0.6) is 0 Å². The lowest BCUT2D eigenvalue weighted by molar-refractivity contribution is -0.143. The van der Waals surface area contributed by atoms with Crippen molar-refractivity contribution in [3.05, 3.63) is 106 Å². The normalized spacial score (nSPS) is 16.4. The molecule has 1 unspecified atom stereocenters. The summed E-state index contributed by atoms with van der Waals surface area (Å²) in [7, 11) is 1.29. The van der Waals surface area contributed by atoms with Crippen LogP contribution >= 0.6 is 0 Å². The van der Waals surface area contributed by atoms with Crippen molar-refractivity contribution in [3.63, 3.8) is 0 Å². The summed E-state index contributed by atoms with van der Waals surface area (Å²) in [6.07, 6.45) is -8.02. The predicted molar refractivity (Wildman–Crippen MR) is 146 cm³/mol. The number of para-hydroxylation sites is 1. The van der Waals surface area contributed by atoms with Crippen LogP contribution in [0.2, 0.25) is 0 Å². The molecule has 1 saturated heterocycles. The highest BCUT2D eigenvalue weighted by Gasteiger charge is 2.39. The molecule has 0 saturated carbocycles. The minimum atomic E-state index is -5.07. The number of nitrogens with one attached hydrogen (secondary N) is 1. The Morgan fingerprint density at radius 2 is 1.53 bits per heavy atom. The number of nitrogens with zero attached hydrogens (tertiary/aromatic N) is 2. The van der Waals surface area contributed by atoms with E-state index in [1.807, 2.05) is 24.3 Å². The number of carbonyl (C=O) groups is 2. The van der Waals surface area contributed by atoms with Crippen LogP contribution in [0, 0.1) is 0 Å². The lowest BCUT2D eigenvalue weighted by Gasteiger charge is -2.42. The lowest BCUT2D eigenvalue weighted by atomic mass is 9.98. The van der Waals surface area contributed by atoms with Gasteiger partial charge in [-0.3, -0.25) is 9.69 Å². The largest absolute Gasteiger partial charge is 0.465 e. The van der Waals surface area contributed by atoms with Crippen LogP contribution in [0.3, 0.4) is 0 Å². The molecule has 1 atom stereocenters. The molecule has 4 aromatic rings. The highest BCUT2D eigenvalue weighted by Crippen LogP contribution is 2.37. The van der Waals surface area contributed by atoms with Gasteiger partial charge in [0, 0.05) is 54.9 Å². The van der Waals surface area contributed by atoms with Gasteiger partial charge in [0.15, 0.2) is 0 Å². The maximum atomic E-state index is 13.7. The summed E-state index contributed by atoms with van der Waals surface area (Å²) < 4.78 is 86.0. The second-order valence-electron chi connectivity index (χ2n) is 10.4. The smallest absolute Gasteiger partial charge is 0.416 e. The fourth-order valence-corrected chi connectivity index (χ4v) is 5.43. The molecule has 1 aliphatic rings. The van der Waals surface area contributed by atoms with E-state index in [1.165, 1.54) is 12.0 Å². The molecule has 1 aliphatic heterocycles. The molecule has 2 heterocycles. The number of benzene rings is 3. The van der Waals surface area contributed by atoms with Crippen molar-refractivity contribution in [2.24, 2.45) is 0 Å². The van der Waals surface area contributed by atoms with Gasteiger partial charge in [0.25, 0.3) is 5.91 Å². The van der Waals surface area contributed by atoms with E-state index in [4.69, 9.17) is 4.74 Å². The summed E-state index contributed by atoms with van der Waals surface area (Å²) >= 11 is 0. The lowest BCUT2D eigenvalue weighted by Crippen LogP contribution is -2.55. The number of esters is 1. The van der Waals surface area contributed by atoms with Crippen molar-refractivity contribution in [2.45, 2.75) is 31.4 Å². The van der Waals surface area contributed by atoms with Gasteiger partial charge in [-0.1, -0.05) is 30.3 Å². The SMILES string of the molecule is COC(=O)c1ccc(CN2CCN(C(=O)c3cc(C(F)(F)F)cc(C(F)(F)F)c3)C(Cc3c[nH]c4ccccc34)C2)cc1. The molecular weight excluding hydrogens is 576 g/mol. The number of ether oxygens (including phenoxy) is 1. The zero-order chi connectivity index (χ0) is 30.9. The Labute approximate surface area is 242 Å². The van der Waals surface area contributed by atoms with Gasteiger partial charge in [-0.05, 0) is 53.9 Å². The first kappa shape index (κ1) is 30.1. The fourth-order valence-electron chi connectivity index (χ4n) is 5.43. The Morgan fingerprint density at radius 3 is 2.16 bits per heavy atom. The van der Waals surface area contributed by atoms with Crippen molar-refractivity contribution < 1.29 is 40.7 Å². The number of rotatable bonds is 6. The van der Waals surface area contributed by atoms with Gasteiger partial charge in [0.1, 0.15) is 0 Å². The molecule has 3 aromatic carbocycles. The van der Waals surface area contributed by atoms with Crippen LogP contribution < -0.4 is 0 Å². The van der Waals surface area contributed by atoms with E-state index in [0.29, 0.717) is 43.8 Å². The van der Waals surface area contributed by atoms with Crippen LogP contribution in [0.1, 0.15) is 43.0 Å². The van der Waals surface area contributed by atoms with E-state index in [0.717, 1.165) is 22.0 Å². The Kier molecular flexibility index (Phi) is 8.24. The van der Waals surface area contributed by atoms with Crippen LogP contribution in [0.15, 0.2) is 72.9 Å². The van der Waals surface area contributed by atoms with Crippen LogP contribution in [0.25, 0.3) is 10.9 Å². The predicted octanol–water partition coefficient (Wildman–Crippen LogP) is 6.56. The number of H-pyrrole nitrogens is 1. The van der Waals surface area contributed by atoms with Gasteiger partial charge < -0.3 is 14.6 Å². The Balaban J connectivity index is 1.45. The maximum Gasteiger partial charge on any atom is 0.416 e. The van der Waals surface area contributed by atoms with E-state index < -0.39 is 47.0 Å². The number of halogens is 6. The minimum Gasteiger partial charge on any atom is -0.465 e. The Bertz CT molecular complexity index is 1600. The van der Waals surface area contributed by atoms with Gasteiger partial charge >= 0.3 is 18.3 Å². The number of aromatic nitrogens is 1. The second-order valence-corrected chi connectivity index (χ2v) is 10.4. The third-order valence-electron chi connectivity index (χ3n) is 7.57. The molecule has 0 radical (unpaired) electrons. The molecule has 1 aromatic heterocycles. The number of aromatic amines is 1. The number of alkyl halides is 6. The average molecular weight is 604 g/mol. The van der Waals surface area contributed by atoms with Gasteiger partial charge in [0.05, 0.1) is 23.8 Å². The van der Waals surface area contributed by atoms with E-state index in [1.54, 1.807) is 30.5 Å². The highest BCUT2D eigenvalue weighted by molar-refractivity contribution is 5.95.